The maximum Gasteiger partial charge on any atom is 0.329 e. The van der Waals surface area contributed by atoms with Crippen molar-refractivity contribution < 1.29 is 27.9 Å². The van der Waals surface area contributed by atoms with Gasteiger partial charge in [0.15, 0.2) is 17.4 Å². The lowest BCUT2D eigenvalue weighted by Gasteiger charge is -2.43. The van der Waals surface area contributed by atoms with Gasteiger partial charge in [-0.25, -0.2) is 17.9 Å². The lowest BCUT2D eigenvalue weighted by molar-refractivity contribution is -0.120. The summed E-state index contributed by atoms with van der Waals surface area (Å²) in [4.78, 5) is 45.8. The van der Waals surface area contributed by atoms with Crippen molar-refractivity contribution in [1.29, 1.82) is 5.26 Å². The molecule has 0 aliphatic carbocycles. The second-order valence-corrected chi connectivity index (χ2v) is 16.5. The molecular formula is C41H47F2N11O4S. The Hall–Kier alpha value is -5.64. The summed E-state index contributed by atoms with van der Waals surface area (Å²) in [6.45, 7) is 7.16. The fourth-order valence-corrected chi connectivity index (χ4v) is 8.94. The number of nitrogens with zero attached hydrogens (tertiary/aromatic N) is 8. The smallest absolute Gasteiger partial charge is 0.329 e. The fourth-order valence-electron chi connectivity index (χ4n) is 8.39. The van der Waals surface area contributed by atoms with Crippen LogP contribution < -0.4 is 29.9 Å². The number of nitriles is 1. The zero-order valence-corrected chi connectivity index (χ0v) is 34.1. The predicted octanol–water partition coefficient (Wildman–Crippen LogP) is 6.09. The van der Waals surface area contributed by atoms with Gasteiger partial charge in [-0.3, -0.25) is 24.5 Å². The molecule has 4 aliphatic heterocycles. The molecule has 0 unspecified atom stereocenters. The SMILES string of the molecule is CCN(C)SNc1ccc(F)c(Oc2ccc3c(c2)C(=O)N(CC2CCN(C4CCN(c5cc6c(cc5F)c(N5CCC(=O)NC5=O)nn6C)CC4)CC2)CN3)c1C#N. The molecule has 5 heterocycles. The minimum absolute atomic E-state index is 0.0290. The van der Waals surface area contributed by atoms with Crippen LogP contribution in [0.2, 0.25) is 0 Å². The van der Waals surface area contributed by atoms with E-state index in [0.29, 0.717) is 77.6 Å². The second kappa shape index (κ2) is 16.9. The Kier molecular flexibility index (Phi) is 11.5. The lowest BCUT2D eigenvalue weighted by Crippen LogP contribution is -2.50. The Morgan fingerprint density at radius 2 is 1.80 bits per heavy atom. The molecule has 59 heavy (non-hydrogen) atoms. The number of carbonyl (C=O) groups is 3. The van der Waals surface area contributed by atoms with Crippen molar-refractivity contribution >= 4 is 63.8 Å². The summed E-state index contributed by atoms with van der Waals surface area (Å²) in [6, 6.07) is 12.9. The zero-order valence-electron chi connectivity index (χ0n) is 33.3. The largest absolute Gasteiger partial charge is 0.453 e. The molecule has 4 aromatic rings. The zero-order chi connectivity index (χ0) is 41.4. The Morgan fingerprint density at radius 3 is 2.53 bits per heavy atom. The number of imide groups is 1. The van der Waals surface area contributed by atoms with Crippen LogP contribution >= 0.6 is 12.1 Å². The average molecular weight is 828 g/mol. The number of piperidine rings is 2. The van der Waals surface area contributed by atoms with Crippen molar-refractivity contribution in [2.45, 2.75) is 45.1 Å². The summed E-state index contributed by atoms with van der Waals surface area (Å²) < 4.78 is 43.3. The first-order valence-electron chi connectivity index (χ1n) is 20.0. The highest BCUT2D eigenvalue weighted by molar-refractivity contribution is 7.98. The Labute approximate surface area is 345 Å². The highest BCUT2D eigenvalue weighted by atomic mass is 32.2. The van der Waals surface area contributed by atoms with Crippen LogP contribution in [0.25, 0.3) is 10.9 Å². The Morgan fingerprint density at radius 1 is 1.02 bits per heavy atom. The van der Waals surface area contributed by atoms with Gasteiger partial charge in [-0.1, -0.05) is 6.92 Å². The number of urea groups is 1. The molecule has 0 bridgehead atoms. The topological polar surface area (TPSA) is 154 Å². The minimum Gasteiger partial charge on any atom is -0.453 e. The van der Waals surface area contributed by atoms with E-state index >= 15 is 8.78 Å². The van der Waals surface area contributed by atoms with Crippen LogP contribution in [0.4, 0.5) is 36.5 Å². The number of nitrogens with one attached hydrogen (secondary N) is 3. The van der Waals surface area contributed by atoms with Gasteiger partial charge in [0.1, 0.15) is 23.2 Å². The number of carbonyl (C=O) groups excluding carboxylic acids is 3. The van der Waals surface area contributed by atoms with Gasteiger partial charge in [0.05, 0.1) is 29.1 Å². The number of aromatic nitrogens is 2. The van der Waals surface area contributed by atoms with Gasteiger partial charge in [-0.15, -0.1) is 0 Å². The number of aryl methyl sites for hydroxylation is 1. The molecule has 18 heteroatoms. The molecule has 1 aromatic heterocycles. The van der Waals surface area contributed by atoms with Crippen LogP contribution in [-0.2, 0) is 11.8 Å². The van der Waals surface area contributed by atoms with Gasteiger partial charge in [0, 0.05) is 75.4 Å². The lowest BCUT2D eigenvalue weighted by atomic mass is 9.92. The maximum atomic E-state index is 15.7. The second-order valence-electron chi connectivity index (χ2n) is 15.4. The first-order chi connectivity index (χ1) is 28.5. The van der Waals surface area contributed by atoms with Crippen molar-refractivity contribution in [3.05, 3.63) is 65.2 Å². The number of anilines is 4. The molecule has 4 aliphatic rings. The predicted molar refractivity (Wildman–Crippen MR) is 222 cm³/mol. The van der Waals surface area contributed by atoms with E-state index in [1.54, 1.807) is 36.0 Å². The average Bonchev–Trinajstić information content (AvgIpc) is 3.55. The van der Waals surface area contributed by atoms with Gasteiger partial charge < -0.3 is 29.5 Å². The molecule has 4 amide bonds. The molecule has 8 rings (SSSR count). The van der Waals surface area contributed by atoms with Gasteiger partial charge in [0.2, 0.25) is 5.91 Å². The van der Waals surface area contributed by atoms with Crippen LogP contribution in [-0.4, -0.2) is 107 Å². The quantitative estimate of drug-likeness (QED) is 0.150. The van der Waals surface area contributed by atoms with E-state index in [-0.39, 0.29) is 47.7 Å². The normalized spacial score (nSPS) is 18.3. The van der Waals surface area contributed by atoms with Crippen molar-refractivity contribution in [1.82, 2.24) is 29.2 Å². The monoisotopic (exact) mass is 827 g/mol. The van der Waals surface area contributed by atoms with E-state index in [1.807, 2.05) is 23.2 Å². The number of ether oxygens (including phenoxy) is 1. The third-order valence-corrected chi connectivity index (χ3v) is 12.7. The number of rotatable bonds is 11. The third kappa shape index (κ3) is 8.19. The van der Waals surface area contributed by atoms with Gasteiger partial charge in [-0.2, -0.15) is 10.4 Å². The molecule has 3 aromatic carbocycles. The minimum atomic E-state index is -0.680. The number of fused-ring (bicyclic) bond motifs is 2. The number of halogens is 2. The maximum absolute atomic E-state index is 15.7. The standard InChI is InChI=1S/C41H47F2N11O4S/c1-4-49(2)59-48-34-8-6-31(42)38(30(34)22-44)58-27-5-7-33-28(19-27)40(56)53(24-45-33)23-25-9-14-51(15-10-25)26-11-16-52(17-12-26)36-21-35-29(20-32(36)43)39(47-50(35)3)54-18-13-37(55)46-41(54)57/h5-8,19-21,25-26,45,48H,4,9-18,23-24H2,1-3H3,(H,46,55,57). The molecule has 3 saturated heterocycles. The van der Waals surface area contributed by atoms with Crippen LogP contribution in [0.15, 0.2) is 42.5 Å². The summed E-state index contributed by atoms with van der Waals surface area (Å²) in [5.41, 5.74) is 2.77. The van der Waals surface area contributed by atoms with Gasteiger partial charge >= 0.3 is 6.03 Å². The summed E-state index contributed by atoms with van der Waals surface area (Å²) in [6.07, 6.45) is 3.84. The van der Waals surface area contributed by atoms with Crippen LogP contribution in [0.1, 0.15) is 54.9 Å². The summed E-state index contributed by atoms with van der Waals surface area (Å²) in [5.74, 6) is -0.817. The van der Waals surface area contributed by atoms with Crippen molar-refractivity contribution in [2.75, 3.05) is 79.4 Å². The molecule has 3 N–H and O–H groups in total. The fraction of sp³-hybridized carbons (Fsp3) is 0.439. The number of benzene rings is 3. The number of hydrogen-bond donors (Lipinski definition) is 3. The Bertz CT molecular complexity index is 2320. The molecule has 15 nitrogen and oxygen atoms in total. The Balaban J connectivity index is 0.850. The van der Waals surface area contributed by atoms with Crippen molar-refractivity contribution in [2.24, 2.45) is 13.0 Å². The first-order valence-corrected chi connectivity index (χ1v) is 20.8. The summed E-state index contributed by atoms with van der Waals surface area (Å²) >= 11 is 1.29. The van der Waals surface area contributed by atoms with E-state index in [9.17, 15) is 19.6 Å². The molecule has 0 atom stereocenters. The summed E-state index contributed by atoms with van der Waals surface area (Å²) in [5, 5.41) is 20.6. The number of amides is 4. The highest BCUT2D eigenvalue weighted by Crippen LogP contribution is 2.38. The molecular weight excluding hydrogens is 781 g/mol. The molecule has 0 saturated carbocycles. The van der Waals surface area contributed by atoms with Crippen LogP contribution in [0.3, 0.4) is 0 Å². The van der Waals surface area contributed by atoms with E-state index in [4.69, 9.17) is 4.74 Å². The molecule has 0 radical (unpaired) electrons. The van der Waals surface area contributed by atoms with Crippen LogP contribution in [0, 0.1) is 28.9 Å². The van der Waals surface area contributed by atoms with E-state index in [2.05, 4.69) is 36.3 Å². The van der Waals surface area contributed by atoms with E-state index in [1.165, 1.54) is 35.2 Å². The van der Waals surface area contributed by atoms with Gasteiger partial charge in [0.25, 0.3) is 5.91 Å². The van der Waals surface area contributed by atoms with Gasteiger partial charge in [-0.05, 0) is 94.2 Å². The molecule has 3 fully saturated rings. The van der Waals surface area contributed by atoms with Crippen molar-refractivity contribution in [3.8, 4) is 17.6 Å². The molecule has 310 valence electrons. The first kappa shape index (κ1) is 40.2. The number of hydrogen-bond acceptors (Lipinski definition) is 12. The van der Waals surface area contributed by atoms with E-state index in [0.717, 1.165) is 45.3 Å². The third-order valence-electron chi connectivity index (χ3n) is 11.8. The highest BCUT2D eigenvalue weighted by Gasteiger charge is 2.33. The van der Waals surface area contributed by atoms with E-state index < -0.39 is 11.8 Å². The number of likely N-dealkylation sites (tertiary alicyclic amines) is 1. The molecule has 0 spiro atoms. The van der Waals surface area contributed by atoms with Crippen molar-refractivity contribution in [3.63, 3.8) is 0 Å². The van der Waals surface area contributed by atoms with Crippen LogP contribution in [0.5, 0.6) is 11.5 Å². The summed E-state index contributed by atoms with van der Waals surface area (Å²) in [7, 11) is 3.66.